The number of hydrogen-bond acceptors (Lipinski definition) is 4. The number of aliphatic hydroxyl groups excluding tert-OH is 1. The van der Waals surface area contributed by atoms with Crippen molar-refractivity contribution in [3.63, 3.8) is 0 Å². The van der Waals surface area contributed by atoms with E-state index in [1.807, 2.05) is 0 Å². The van der Waals surface area contributed by atoms with E-state index in [-0.39, 0.29) is 0 Å². The van der Waals surface area contributed by atoms with Crippen LogP contribution in [0.5, 0.6) is 11.5 Å². The molecule has 0 saturated heterocycles. The quantitative estimate of drug-likeness (QED) is 0.755. The molecule has 1 rings (SSSR count). The highest BCUT2D eigenvalue weighted by molar-refractivity contribution is 5.41. The monoisotopic (exact) mass is 249 g/mol. The summed E-state index contributed by atoms with van der Waals surface area (Å²) in [5.41, 5.74) is 0.746. The van der Waals surface area contributed by atoms with Crippen LogP contribution in [0.1, 0.15) is 37.9 Å². The van der Waals surface area contributed by atoms with Crippen molar-refractivity contribution in [3.05, 3.63) is 23.8 Å². The van der Waals surface area contributed by atoms with E-state index in [1.54, 1.807) is 32.2 Å². The number of nitriles is 1. The number of aliphatic hydroxyl groups is 1. The lowest BCUT2D eigenvalue weighted by Gasteiger charge is -2.14. The highest BCUT2D eigenvalue weighted by atomic mass is 16.5. The minimum atomic E-state index is -0.579. The first-order valence-corrected chi connectivity index (χ1v) is 6.04. The van der Waals surface area contributed by atoms with Gasteiger partial charge in [0.1, 0.15) is 11.5 Å². The minimum Gasteiger partial charge on any atom is -0.497 e. The van der Waals surface area contributed by atoms with Crippen LogP contribution in [0, 0.1) is 11.3 Å². The van der Waals surface area contributed by atoms with Crippen LogP contribution in [0.15, 0.2) is 18.2 Å². The fourth-order valence-corrected chi connectivity index (χ4v) is 1.60. The van der Waals surface area contributed by atoms with Gasteiger partial charge in [0.05, 0.1) is 25.9 Å². The SMILES string of the molecule is COc1ccc([C@@H](C)O)c(OCCCCC#N)c1. The third-order valence-electron chi connectivity index (χ3n) is 2.61. The zero-order valence-corrected chi connectivity index (χ0v) is 10.8. The van der Waals surface area contributed by atoms with Crippen molar-refractivity contribution in [2.45, 2.75) is 32.3 Å². The number of unbranched alkanes of at least 4 members (excludes halogenated alkanes) is 2. The molecule has 0 unspecified atom stereocenters. The molecule has 0 radical (unpaired) electrons. The topological polar surface area (TPSA) is 62.5 Å². The third-order valence-corrected chi connectivity index (χ3v) is 2.61. The van der Waals surface area contributed by atoms with Crippen molar-refractivity contribution < 1.29 is 14.6 Å². The number of ether oxygens (including phenoxy) is 2. The van der Waals surface area contributed by atoms with Gasteiger partial charge in [0.2, 0.25) is 0 Å². The second-order valence-corrected chi connectivity index (χ2v) is 4.04. The summed E-state index contributed by atoms with van der Waals surface area (Å²) in [4.78, 5) is 0. The summed E-state index contributed by atoms with van der Waals surface area (Å²) >= 11 is 0. The maximum atomic E-state index is 9.65. The average molecular weight is 249 g/mol. The summed E-state index contributed by atoms with van der Waals surface area (Å²) < 4.78 is 10.8. The standard InChI is InChI=1S/C14H19NO3/c1-11(16)13-7-6-12(17-2)10-14(13)18-9-5-3-4-8-15/h6-7,10-11,16H,3-5,9H2,1-2H3/t11-/m1/s1. The number of rotatable bonds is 7. The van der Waals surface area contributed by atoms with Gasteiger partial charge in [-0.1, -0.05) is 0 Å². The van der Waals surface area contributed by atoms with Crippen molar-refractivity contribution in [3.8, 4) is 17.6 Å². The Morgan fingerprint density at radius 1 is 1.39 bits per heavy atom. The van der Waals surface area contributed by atoms with E-state index in [4.69, 9.17) is 14.7 Å². The van der Waals surface area contributed by atoms with Crippen molar-refractivity contribution in [1.29, 1.82) is 5.26 Å². The zero-order chi connectivity index (χ0) is 13.4. The van der Waals surface area contributed by atoms with Crippen LogP contribution in [-0.4, -0.2) is 18.8 Å². The van der Waals surface area contributed by atoms with E-state index in [0.29, 0.717) is 24.5 Å². The molecular formula is C14H19NO3. The smallest absolute Gasteiger partial charge is 0.128 e. The molecule has 0 amide bonds. The lowest BCUT2D eigenvalue weighted by Crippen LogP contribution is -2.02. The van der Waals surface area contributed by atoms with Crippen LogP contribution >= 0.6 is 0 Å². The molecule has 0 aliphatic rings. The van der Waals surface area contributed by atoms with Gasteiger partial charge >= 0.3 is 0 Å². The van der Waals surface area contributed by atoms with Crippen LogP contribution < -0.4 is 9.47 Å². The van der Waals surface area contributed by atoms with Crippen molar-refractivity contribution in [2.75, 3.05) is 13.7 Å². The van der Waals surface area contributed by atoms with Crippen molar-refractivity contribution >= 4 is 0 Å². The molecule has 0 saturated carbocycles. The Morgan fingerprint density at radius 2 is 2.17 bits per heavy atom. The summed E-state index contributed by atoms with van der Waals surface area (Å²) in [5.74, 6) is 1.34. The Morgan fingerprint density at radius 3 is 2.78 bits per heavy atom. The molecule has 0 aliphatic heterocycles. The Bertz CT molecular complexity index is 410. The molecule has 0 heterocycles. The first-order valence-electron chi connectivity index (χ1n) is 6.04. The number of nitrogens with zero attached hydrogens (tertiary/aromatic N) is 1. The maximum absolute atomic E-state index is 9.65. The molecule has 1 aromatic carbocycles. The van der Waals surface area contributed by atoms with Crippen molar-refractivity contribution in [2.24, 2.45) is 0 Å². The number of hydrogen-bond donors (Lipinski definition) is 1. The van der Waals surface area contributed by atoms with Crippen LogP contribution in [0.2, 0.25) is 0 Å². The lowest BCUT2D eigenvalue weighted by atomic mass is 10.1. The Hall–Kier alpha value is -1.73. The fourth-order valence-electron chi connectivity index (χ4n) is 1.60. The van der Waals surface area contributed by atoms with E-state index in [1.165, 1.54) is 0 Å². The molecule has 0 bridgehead atoms. The van der Waals surface area contributed by atoms with Gasteiger partial charge in [0.25, 0.3) is 0 Å². The molecule has 4 nitrogen and oxygen atoms in total. The lowest BCUT2D eigenvalue weighted by molar-refractivity contribution is 0.190. The van der Waals surface area contributed by atoms with Gasteiger partial charge in [-0.15, -0.1) is 0 Å². The van der Waals surface area contributed by atoms with Crippen LogP contribution in [-0.2, 0) is 0 Å². The number of benzene rings is 1. The molecule has 18 heavy (non-hydrogen) atoms. The third kappa shape index (κ3) is 4.27. The molecule has 0 fully saturated rings. The van der Waals surface area contributed by atoms with E-state index < -0.39 is 6.10 Å². The molecule has 1 aromatic rings. The average Bonchev–Trinajstić information content (AvgIpc) is 2.38. The highest BCUT2D eigenvalue weighted by Gasteiger charge is 2.10. The molecule has 1 N–H and O–H groups in total. The van der Waals surface area contributed by atoms with Gasteiger partial charge in [-0.2, -0.15) is 5.26 Å². The Kier molecular flexibility index (Phi) is 6.03. The van der Waals surface area contributed by atoms with Gasteiger partial charge in [-0.3, -0.25) is 0 Å². The minimum absolute atomic E-state index is 0.536. The summed E-state index contributed by atoms with van der Waals surface area (Å²) in [5, 5.41) is 18.1. The van der Waals surface area contributed by atoms with Gasteiger partial charge in [0.15, 0.2) is 0 Å². The molecule has 98 valence electrons. The normalized spacial score (nSPS) is 11.7. The van der Waals surface area contributed by atoms with Crippen LogP contribution in [0.3, 0.4) is 0 Å². The molecule has 0 aromatic heterocycles. The second kappa shape index (κ2) is 7.57. The Balaban J connectivity index is 2.63. The van der Waals surface area contributed by atoms with Crippen LogP contribution in [0.25, 0.3) is 0 Å². The molecule has 0 aliphatic carbocycles. The summed E-state index contributed by atoms with van der Waals surface area (Å²) in [6.07, 6.45) is 1.61. The molecule has 0 spiro atoms. The highest BCUT2D eigenvalue weighted by Crippen LogP contribution is 2.29. The summed E-state index contributed by atoms with van der Waals surface area (Å²) in [6.45, 7) is 2.24. The maximum Gasteiger partial charge on any atom is 0.128 e. The molecule has 4 heteroatoms. The predicted molar refractivity (Wildman–Crippen MR) is 68.6 cm³/mol. The van der Waals surface area contributed by atoms with E-state index in [9.17, 15) is 5.11 Å². The van der Waals surface area contributed by atoms with Crippen LogP contribution in [0.4, 0.5) is 0 Å². The van der Waals surface area contributed by atoms with E-state index in [0.717, 1.165) is 18.4 Å². The van der Waals surface area contributed by atoms with Gasteiger partial charge in [-0.25, -0.2) is 0 Å². The molecule has 1 atom stereocenters. The first-order chi connectivity index (χ1) is 8.69. The molecular weight excluding hydrogens is 230 g/mol. The summed E-state index contributed by atoms with van der Waals surface area (Å²) in [6, 6.07) is 7.46. The Labute approximate surface area is 108 Å². The second-order valence-electron chi connectivity index (χ2n) is 4.04. The van der Waals surface area contributed by atoms with Gasteiger partial charge < -0.3 is 14.6 Å². The number of methoxy groups -OCH3 is 1. The van der Waals surface area contributed by atoms with E-state index >= 15 is 0 Å². The van der Waals surface area contributed by atoms with E-state index in [2.05, 4.69) is 6.07 Å². The first kappa shape index (κ1) is 14.3. The van der Waals surface area contributed by atoms with Gasteiger partial charge in [-0.05, 0) is 31.9 Å². The summed E-state index contributed by atoms with van der Waals surface area (Å²) in [7, 11) is 1.59. The largest absolute Gasteiger partial charge is 0.497 e. The fraction of sp³-hybridized carbons (Fsp3) is 0.500. The predicted octanol–water partition coefficient (Wildman–Crippen LogP) is 2.82. The van der Waals surface area contributed by atoms with Crippen molar-refractivity contribution in [1.82, 2.24) is 0 Å². The zero-order valence-electron chi connectivity index (χ0n) is 10.8. The van der Waals surface area contributed by atoms with Gasteiger partial charge in [0, 0.05) is 18.1 Å².